The summed E-state index contributed by atoms with van der Waals surface area (Å²) in [5.74, 6) is -2.25. The SMILES string of the molecule is O=c1[nH]cc(-c2cc([C@H]3C[C@@H]3C(F)(F)F)c(Cl)nn2)c(=O)[nH]1. The van der Waals surface area contributed by atoms with E-state index in [1.165, 1.54) is 6.07 Å². The third kappa shape index (κ3) is 2.63. The lowest BCUT2D eigenvalue weighted by Crippen LogP contribution is -2.23. The zero-order chi connectivity index (χ0) is 16.1. The lowest BCUT2D eigenvalue weighted by Gasteiger charge is -2.07. The minimum atomic E-state index is -4.30. The minimum absolute atomic E-state index is 0.00535. The average Bonchev–Trinajstić information content (AvgIpc) is 3.20. The van der Waals surface area contributed by atoms with E-state index >= 15 is 0 Å². The smallest absolute Gasteiger partial charge is 0.313 e. The van der Waals surface area contributed by atoms with Crippen LogP contribution in [-0.4, -0.2) is 26.3 Å². The lowest BCUT2D eigenvalue weighted by molar-refractivity contribution is -0.148. The van der Waals surface area contributed by atoms with E-state index in [1.807, 2.05) is 4.98 Å². The van der Waals surface area contributed by atoms with Crippen LogP contribution in [0.15, 0.2) is 21.9 Å². The predicted octanol–water partition coefficient (Wildman–Crippen LogP) is 1.84. The van der Waals surface area contributed by atoms with Crippen molar-refractivity contribution in [3.8, 4) is 11.3 Å². The fourth-order valence-corrected chi connectivity index (χ4v) is 2.52. The number of aromatic nitrogens is 4. The van der Waals surface area contributed by atoms with E-state index < -0.39 is 29.3 Å². The van der Waals surface area contributed by atoms with Gasteiger partial charge in [0.15, 0.2) is 5.15 Å². The van der Waals surface area contributed by atoms with Gasteiger partial charge in [0.2, 0.25) is 0 Å². The molecule has 10 heteroatoms. The van der Waals surface area contributed by atoms with Crippen LogP contribution in [0.4, 0.5) is 13.2 Å². The summed E-state index contributed by atoms with van der Waals surface area (Å²) in [6.45, 7) is 0. The number of nitrogens with one attached hydrogen (secondary N) is 2. The van der Waals surface area contributed by atoms with Gasteiger partial charge in [-0.05, 0) is 24.0 Å². The molecule has 3 rings (SSSR count). The number of nitrogens with zero attached hydrogens (tertiary/aromatic N) is 2. The molecular weight excluding hydrogens is 325 g/mol. The highest BCUT2D eigenvalue weighted by molar-refractivity contribution is 6.30. The van der Waals surface area contributed by atoms with Gasteiger partial charge >= 0.3 is 11.9 Å². The first-order valence-electron chi connectivity index (χ1n) is 6.19. The Kier molecular flexibility index (Phi) is 3.32. The van der Waals surface area contributed by atoms with Gasteiger partial charge in [-0.2, -0.15) is 13.2 Å². The fourth-order valence-electron chi connectivity index (χ4n) is 2.28. The van der Waals surface area contributed by atoms with Gasteiger partial charge < -0.3 is 4.98 Å². The first kappa shape index (κ1) is 14.8. The number of H-pyrrole nitrogens is 2. The van der Waals surface area contributed by atoms with Crippen LogP contribution in [0.2, 0.25) is 5.15 Å². The maximum absolute atomic E-state index is 12.7. The highest BCUT2D eigenvalue weighted by Crippen LogP contribution is 2.57. The molecule has 2 N–H and O–H groups in total. The Balaban J connectivity index is 2.01. The molecule has 2 aromatic heterocycles. The van der Waals surface area contributed by atoms with Crippen LogP contribution in [0.5, 0.6) is 0 Å². The molecular formula is C12H8ClF3N4O2. The van der Waals surface area contributed by atoms with E-state index in [0.717, 1.165) is 6.20 Å². The zero-order valence-electron chi connectivity index (χ0n) is 10.7. The van der Waals surface area contributed by atoms with Gasteiger partial charge in [-0.3, -0.25) is 9.78 Å². The topological polar surface area (TPSA) is 91.5 Å². The van der Waals surface area contributed by atoms with Crippen molar-refractivity contribution < 1.29 is 13.2 Å². The summed E-state index contributed by atoms with van der Waals surface area (Å²) in [7, 11) is 0. The van der Waals surface area contributed by atoms with E-state index in [9.17, 15) is 22.8 Å². The Bertz CT molecular complexity index is 845. The van der Waals surface area contributed by atoms with Gasteiger partial charge in [0.05, 0.1) is 11.5 Å². The Morgan fingerprint density at radius 2 is 2.00 bits per heavy atom. The van der Waals surface area contributed by atoms with Gasteiger partial charge in [0, 0.05) is 6.20 Å². The second kappa shape index (κ2) is 4.94. The van der Waals surface area contributed by atoms with Gasteiger partial charge in [-0.1, -0.05) is 11.6 Å². The Hall–Kier alpha value is -2.16. The summed E-state index contributed by atoms with van der Waals surface area (Å²) in [6.07, 6.45) is -3.25. The van der Waals surface area contributed by atoms with Crippen molar-refractivity contribution >= 4 is 11.6 Å². The molecule has 1 aliphatic carbocycles. The fraction of sp³-hybridized carbons (Fsp3) is 0.333. The van der Waals surface area contributed by atoms with Crippen molar-refractivity contribution in [3.63, 3.8) is 0 Å². The Labute approximate surface area is 125 Å². The lowest BCUT2D eigenvalue weighted by atomic mass is 10.1. The van der Waals surface area contributed by atoms with Crippen molar-refractivity contribution in [2.24, 2.45) is 5.92 Å². The number of alkyl halides is 3. The van der Waals surface area contributed by atoms with Gasteiger partial charge in [-0.15, -0.1) is 10.2 Å². The van der Waals surface area contributed by atoms with E-state index in [4.69, 9.17) is 11.6 Å². The van der Waals surface area contributed by atoms with Crippen LogP contribution < -0.4 is 11.2 Å². The molecule has 0 bridgehead atoms. The molecule has 0 amide bonds. The largest absolute Gasteiger partial charge is 0.392 e. The number of hydrogen-bond acceptors (Lipinski definition) is 4. The molecule has 0 spiro atoms. The van der Waals surface area contributed by atoms with Crippen molar-refractivity contribution in [2.45, 2.75) is 18.5 Å². The second-order valence-corrected chi connectivity index (χ2v) is 5.31. The predicted molar refractivity (Wildman–Crippen MR) is 70.6 cm³/mol. The second-order valence-electron chi connectivity index (χ2n) is 4.95. The van der Waals surface area contributed by atoms with Crippen LogP contribution in [-0.2, 0) is 0 Å². The summed E-state index contributed by atoms with van der Waals surface area (Å²) in [6, 6.07) is 1.30. The van der Waals surface area contributed by atoms with E-state index in [0.29, 0.717) is 0 Å². The maximum Gasteiger partial charge on any atom is 0.392 e. The molecule has 1 fully saturated rings. The normalized spacial score (nSPS) is 20.9. The highest BCUT2D eigenvalue weighted by Gasteiger charge is 2.56. The summed E-state index contributed by atoms with van der Waals surface area (Å²) in [5.41, 5.74) is -1.18. The van der Waals surface area contributed by atoms with Gasteiger partial charge in [-0.25, -0.2) is 4.79 Å². The molecule has 2 atom stereocenters. The monoisotopic (exact) mass is 332 g/mol. The zero-order valence-corrected chi connectivity index (χ0v) is 11.5. The van der Waals surface area contributed by atoms with E-state index in [2.05, 4.69) is 15.2 Å². The Morgan fingerprint density at radius 1 is 1.27 bits per heavy atom. The molecule has 0 aliphatic heterocycles. The summed E-state index contributed by atoms with van der Waals surface area (Å²) < 4.78 is 38.0. The van der Waals surface area contributed by atoms with Crippen LogP contribution in [0, 0.1) is 5.92 Å². The molecule has 0 unspecified atom stereocenters. The number of rotatable bonds is 2. The maximum atomic E-state index is 12.7. The highest BCUT2D eigenvalue weighted by atomic mass is 35.5. The summed E-state index contributed by atoms with van der Waals surface area (Å²) >= 11 is 5.81. The van der Waals surface area contributed by atoms with Crippen molar-refractivity contribution in [1.29, 1.82) is 0 Å². The third-order valence-electron chi connectivity index (χ3n) is 3.48. The van der Waals surface area contributed by atoms with Crippen LogP contribution in [0.3, 0.4) is 0 Å². The quantitative estimate of drug-likeness (QED) is 0.877. The number of hydrogen-bond donors (Lipinski definition) is 2. The van der Waals surface area contributed by atoms with Crippen LogP contribution in [0.1, 0.15) is 17.9 Å². The molecule has 0 radical (unpaired) electrons. The van der Waals surface area contributed by atoms with Crippen molar-refractivity contribution in [2.75, 3.05) is 0 Å². The molecule has 1 aliphatic rings. The summed E-state index contributed by atoms with van der Waals surface area (Å²) in [5, 5.41) is 7.17. The number of aromatic amines is 2. The third-order valence-corrected chi connectivity index (χ3v) is 3.78. The average molecular weight is 333 g/mol. The Morgan fingerprint density at radius 3 is 2.59 bits per heavy atom. The molecule has 2 aromatic rings. The van der Waals surface area contributed by atoms with Crippen molar-refractivity contribution in [3.05, 3.63) is 43.8 Å². The van der Waals surface area contributed by atoms with Gasteiger partial charge in [0.25, 0.3) is 5.56 Å². The first-order valence-corrected chi connectivity index (χ1v) is 6.57. The molecule has 116 valence electrons. The molecule has 22 heavy (non-hydrogen) atoms. The van der Waals surface area contributed by atoms with E-state index in [-0.39, 0.29) is 28.4 Å². The van der Waals surface area contributed by atoms with Crippen molar-refractivity contribution in [1.82, 2.24) is 20.2 Å². The standard InChI is InChI=1S/C12H8ClF3N4O2/c13-9-5(4-1-7(4)12(14,15)16)2-8(19-20-9)6-3-17-11(22)18-10(6)21/h2-4,7H,1H2,(H2,17,18,21,22)/t4-,7+/m1/s1. The molecule has 2 heterocycles. The van der Waals surface area contributed by atoms with Crippen LogP contribution in [0.25, 0.3) is 11.3 Å². The van der Waals surface area contributed by atoms with Crippen LogP contribution >= 0.6 is 11.6 Å². The summed E-state index contributed by atoms with van der Waals surface area (Å²) in [4.78, 5) is 26.9. The molecule has 0 aromatic carbocycles. The first-order chi connectivity index (χ1) is 10.3. The molecule has 1 saturated carbocycles. The number of halogens is 4. The molecule has 0 saturated heterocycles. The molecule has 6 nitrogen and oxygen atoms in total. The minimum Gasteiger partial charge on any atom is -0.313 e. The van der Waals surface area contributed by atoms with E-state index in [1.54, 1.807) is 0 Å². The van der Waals surface area contributed by atoms with Gasteiger partial charge in [0.1, 0.15) is 5.69 Å².